The van der Waals surface area contributed by atoms with Crippen molar-refractivity contribution in [2.75, 3.05) is 66.1 Å². The van der Waals surface area contributed by atoms with Crippen molar-refractivity contribution < 1.29 is 36.3 Å². The fraction of sp³-hybridized carbons (Fsp3) is 1.00. The lowest BCUT2D eigenvalue weighted by Gasteiger charge is -2.37. The van der Waals surface area contributed by atoms with Crippen LogP contribution in [0, 0.1) is 0 Å². The predicted octanol–water partition coefficient (Wildman–Crippen LogP) is 2.74. The van der Waals surface area contributed by atoms with Crippen LogP contribution in [0.25, 0.3) is 0 Å². The summed E-state index contributed by atoms with van der Waals surface area (Å²) in [4.78, 5) is 0. The summed E-state index contributed by atoms with van der Waals surface area (Å²) in [7, 11) is -6.43. The molecule has 29 heavy (non-hydrogen) atoms. The highest BCUT2D eigenvalue weighted by atomic mass is 28.5. The molecular formula is C18H42O8Si3. The van der Waals surface area contributed by atoms with Crippen molar-refractivity contribution in [2.24, 2.45) is 0 Å². The number of hydrogen-bond acceptors (Lipinski definition) is 8. The average molecular weight is 471 g/mol. The molecule has 1 atom stereocenters. The van der Waals surface area contributed by atoms with Gasteiger partial charge in [-0.2, -0.15) is 0 Å². The van der Waals surface area contributed by atoms with Crippen LogP contribution in [-0.4, -0.2) is 97.6 Å². The summed E-state index contributed by atoms with van der Waals surface area (Å²) in [5, 5.41) is 0. The van der Waals surface area contributed by atoms with E-state index in [1.807, 2.05) is 6.55 Å². The molecule has 0 amide bonds. The fourth-order valence-corrected chi connectivity index (χ4v) is 13.1. The monoisotopic (exact) mass is 470 g/mol. The van der Waals surface area contributed by atoms with E-state index in [2.05, 4.69) is 39.3 Å². The lowest BCUT2D eigenvalue weighted by molar-refractivity contribution is -0.0668. The zero-order valence-corrected chi connectivity index (χ0v) is 22.4. The minimum Gasteiger partial charge on any atom is -0.417 e. The molecule has 0 aromatic carbocycles. The maximum Gasteiger partial charge on any atom is 0.476 e. The van der Waals surface area contributed by atoms with E-state index in [0.717, 1.165) is 0 Å². The second kappa shape index (κ2) is 13.7. The van der Waals surface area contributed by atoms with Gasteiger partial charge in [0.1, 0.15) is 6.10 Å². The summed E-state index contributed by atoms with van der Waals surface area (Å²) in [6, 6.07) is 0. The van der Waals surface area contributed by atoms with Crippen LogP contribution < -0.4 is 0 Å². The maximum absolute atomic E-state index is 6.39. The van der Waals surface area contributed by atoms with Crippen LogP contribution in [0.3, 0.4) is 0 Å². The molecule has 1 aliphatic heterocycles. The van der Waals surface area contributed by atoms with Crippen molar-refractivity contribution in [1.29, 1.82) is 0 Å². The topological polar surface area (TPSA) is 73.8 Å². The van der Waals surface area contributed by atoms with E-state index < -0.39 is 25.4 Å². The average Bonchev–Trinajstić information content (AvgIpc) is 2.56. The van der Waals surface area contributed by atoms with Gasteiger partial charge in [0.25, 0.3) is 0 Å². The highest BCUT2D eigenvalue weighted by molar-refractivity contribution is 6.85. The van der Waals surface area contributed by atoms with Gasteiger partial charge in [-0.3, -0.25) is 0 Å². The van der Waals surface area contributed by atoms with Crippen LogP contribution in [0.2, 0.25) is 45.8 Å². The van der Waals surface area contributed by atoms with E-state index in [9.17, 15) is 0 Å². The largest absolute Gasteiger partial charge is 0.476 e. The van der Waals surface area contributed by atoms with Gasteiger partial charge in [0.05, 0.1) is 66.1 Å². The second-order valence-corrected chi connectivity index (χ2v) is 21.1. The molecule has 0 aromatic rings. The molecule has 0 spiro atoms. The predicted molar refractivity (Wildman–Crippen MR) is 119 cm³/mol. The Morgan fingerprint density at radius 3 is 1.48 bits per heavy atom. The van der Waals surface area contributed by atoms with Gasteiger partial charge >= 0.3 is 8.80 Å². The number of rotatable bonds is 7. The van der Waals surface area contributed by atoms with Crippen molar-refractivity contribution >= 4 is 25.4 Å². The minimum atomic E-state index is -2.78. The van der Waals surface area contributed by atoms with Gasteiger partial charge in [0, 0.05) is 6.55 Å². The van der Waals surface area contributed by atoms with Crippen LogP contribution in [0.4, 0.5) is 0 Å². The fourth-order valence-electron chi connectivity index (χ4n) is 2.73. The van der Waals surface area contributed by atoms with E-state index in [1.54, 1.807) is 0 Å². The molecule has 0 aliphatic carbocycles. The third-order valence-corrected chi connectivity index (χ3v) is 12.1. The Kier molecular flexibility index (Phi) is 12.9. The Bertz CT molecular complexity index is 396. The summed E-state index contributed by atoms with van der Waals surface area (Å²) in [6.45, 7) is 19.9. The van der Waals surface area contributed by atoms with Gasteiger partial charge in [-0.05, 0) is 39.3 Å². The van der Waals surface area contributed by atoms with Gasteiger partial charge in [0.15, 0.2) is 16.6 Å². The van der Waals surface area contributed by atoms with Crippen molar-refractivity contribution in [1.82, 2.24) is 0 Å². The van der Waals surface area contributed by atoms with Crippen LogP contribution in [0.5, 0.6) is 0 Å². The molecule has 1 unspecified atom stereocenters. The highest BCUT2D eigenvalue weighted by Crippen LogP contribution is 2.22. The SMILES string of the molecule is C[Si](C)(C)O[Si](C)(OCC1COCCOCCOCCOCCO1)O[Si](C)(C)C. The Labute approximate surface area is 180 Å². The molecular weight excluding hydrogens is 428 g/mol. The first kappa shape index (κ1) is 27.4. The number of hydrogen-bond donors (Lipinski definition) is 0. The maximum atomic E-state index is 6.39. The Morgan fingerprint density at radius 2 is 1.03 bits per heavy atom. The molecule has 0 N–H and O–H groups in total. The van der Waals surface area contributed by atoms with Gasteiger partial charge in [-0.25, -0.2) is 0 Å². The molecule has 0 radical (unpaired) electrons. The molecule has 1 rings (SSSR count). The summed E-state index contributed by atoms with van der Waals surface area (Å²) in [6.07, 6.45) is -0.220. The van der Waals surface area contributed by atoms with Crippen molar-refractivity contribution in [3.05, 3.63) is 0 Å². The van der Waals surface area contributed by atoms with E-state index in [4.69, 9.17) is 36.3 Å². The summed E-state index contributed by atoms with van der Waals surface area (Å²) in [5.74, 6) is 0. The van der Waals surface area contributed by atoms with Crippen LogP contribution in [0.15, 0.2) is 0 Å². The van der Waals surface area contributed by atoms with E-state index in [1.165, 1.54) is 0 Å². The summed E-state index contributed by atoms with van der Waals surface area (Å²) in [5.41, 5.74) is 0. The molecule has 1 heterocycles. The van der Waals surface area contributed by atoms with Crippen molar-refractivity contribution in [3.63, 3.8) is 0 Å². The highest BCUT2D eigenvalue weighted by Gasteiger charge is 2.43. The smallest absolute Gasteiger partial charge is 0.417 e. The Balaban J connectivity index is 2.63. The Morgan fingerprint density at radius 1 is 0.621 bits per heavy atom. The quantitative estimate of drug-likeness (QED) is 0.526. The molecule has 174 valence electrons. The standard InChI is InChI=1S/C18H42O8Si3/c1-27(2,3)25-29(7,26-28(4,5)6)24-17-18-16-22-13-12-20-9-8-19-10-11-21-14-15-23-18/h18H,8-17H2,1-7H3. The first-order valence-electron chi connectivity index (χ1n) is 10.5. The molecule has 1 saturated heterocycles. The van der Waals surface area contributed by atoms with Gasteiger partial charge in [-0.15, -0.1) is 0 Å². The minimum absolute atomic E-state index is 0.220. The molecule has 8 nitrogen and oxygen atoms in total. The van der Waals surface area contributed by atoms with Crippen molar-refractivity contribution in [2.45, 2.75) is 51.9 Å². The zero-order chi connectivity index (χ0) is 21.8. The molecule has 0 bridgehead atoms. The first-order valence-corrected chi connectivity index (χ1v) is 19.5. The molecule has 11 heteroatoms. The Hall–Kier alpha value is 0.331. The van der Waals surface area contributed by atoms with Gasteiger partial charge in [-0.1, -0.05) is 0 Å². The van der Waals surface area contributed by atoms with E-state index >= 15 is 0 Å². The third kappa shape index (κ3) is 15.7. The van der Waals surface area contributed by atoms with Crippen LogP contribution in [-0.2, 0) is 36.3 Å². The van der Waals surface area contributed by atoms with Crippen LogP contribution in [0.1, 0.15) is 0 Å². The van der Waals surface area contributed by atoms with Gasteiger partial charge < -0.3 is 36.3 Å². The number of ether oxygens (including phenoxy) is 5. The van der Waals surface area contributed by atoms with Crippen LogP contribution >= 0.6 is 0 Å². The molecule has 1 fully saturated rings. The molecule has 0 saturated carbocycles. The van der Waals surface area contributed by atoms with Crippen molar-refractivity contribution in [3.8, 4) is 0 Å². The third-order valence-electron chi connectivity index (χ3n) is 3.52. The normalized spacial score (nSPS) is 22.7. The van der Waals surface area contributed by atoms with E-state index in [0.29, 0.717) is 66.1 Å². The second-order valence-electron chi connectivity index (χ2n) is 9.01. The first-order chi connectivity index (χ1) is 13.5. The summed E-state index contributed by atoms with van der Waals surface area (Å²) < 4.78 is 47.2. The lowest BCUT2D eigenvalue weighted by Crippen LogP contribution is -2.55. The van der Waals surface area contributed by atoms with Gasteiger partial charge in [0.2, 0.25) is 0 Å². The lowest BCUT2D eigenvalue weighted by atomic mass is 10.4. The summed E-state index contributed by atoms with van der Waals surface area (Å²) >= 11 is 0. The molecule has 1 aliphatic rings. The molecule has 0 aromatic heterocycles. The van der Waals surface area contributed by atoms with E-state index in [-0.39, 0.29) is 6.10 Å². The zero-order valence-electron chi connectivity index (χ0n) is 19.4.